The molecule has 0 N–H and O–H groups in total. The Labute approximate surface area is 200 Å². The van der Waals surface area contributed by atoms with Crippen molar-refractivity contribution in [3.05, 3.63) is 71.5 Å². The van der Waals surface area contributed by atoms with Gasteiger partial charge in [0.2, 0.25) is 11.8 Å². The van der Waals surface area contributed by atoms with Crippen LogP contribution in [0.1, 0.15) is 16.8 Å². The van der Waals surface area contributed by atoms with Crippen LogP contribution >= 0.6 is 11.3 Å². The Hall–Kier alpha value is -3.57. The van der Waals surface area contributed by atoms with E-state index in [0.717, 1.165) is 16.1 Å². The number of aryl methyl sites for hydroxylation is 1. The lowest BCUT2D eigenvalue weighted by molar-refractivity contribution is -0.138. The summed E-state index contributed by atoms with van der Waals surface area (Å²) in [5, 5.41) is 6.15. The van der Waals surface area contributed by atoms with Crippen molar-refractivity contribution in [3.63, 3.8) is 0 Å². The Balaban J connectivity index is 1.31. The van der Waals surface area contributed by atoms with Gasteiger partial charge in [0.15, 0.2) is 4.96 Å². The van der Waals surface area contributed by atoms with Gasteiger partial charge in [0.25, 0.3) is 0 Å². The van der Waals surface area contributed by atoms with Gasteiger partial charge < -0.3 is 14.5 Å². The fourth-order valence-corrected chi connectivity index (χ4v) is 4.74. The average molecular weight is 480 g/mol. The predicted octanol–water partition coefficient (Wildman–Crippen LogP) is 1.52. The second-order valence-electron chi connectivity index (χ2n) is 8.36. The molecule has 34 heavy (non-hydrogen) atoms. The van der Waals surface area contributed by atoms with Crippen molar-refractivity contribution >= 4 is 28.1 Å². The first-order chi connectivity index (χ1) is 16.5. The highest BCUT2D eigenvalue weighted by Gasteiger charge is 2.31. The zero-order valence-corrected chi connectivity index (χ0v) is 19.6. The molecule has 5 rings (SSSR count). The van der Waals surface area contributed by atoms with Crippen molar-refractivity contribution in [2.45, 2.75) is 25.7 Å². The van der Waals surface area contributed by atoms with Crippen LogP contribution in [0.25, 0.3) is 4.96 Å². The third-order valence-corrected chi connectivity index (χ3v) is 6.49. The van der Waals surface area contributed by atoms with E-state index in [0.29, 0.717) is 31.9 Å². The molecule has 1 fully saturated rings. The third-order valence-electron chi connectivity index (χ3n) is 5.72. The molecule has 4 aromatic heterocycles. The molecule has 2 amide bonds. The van der Waals surface area contributed by atoms with Gasteiger partial charge in [-0.15, -0.1) is 11.3 Å². The number of imidazole rings is 1. The molecule has 1 saturated heterocycles. The Morgan fingerprint density at radius 3 is 2.82 bits per heavy atom. The van der Waals surface area contributed by atoms with E-state index in [-0.39, 0.29) is 30.9 Å². The van der Waals surface area contributed by atoms with E-state index >= 15 is 0 Å². The summed E-state index contributed by atoms with van der Waals surface area (Å²) in [6, 6.07) is 3.78. The normalized spacial score (nSPS) is 16.9. The summed E-state index contributed by atoms with van der Waals surface area (Å²) in [5.74, 6) is -0.252. The van der Waals surface area contributed by atoms with E-state index in [1.54, 1.807) is 33.1 Å². The zero-order valence-electron chi connectivity index (χ0n) is 18.8. The van der Waals surface area contributed by atoms with E-state index in [1.807, 2.05) is 47.6 Å². The van der Waals surface area contributed by atoms with Crippen LogP contribution in [-0.4, -0.2) is 71.5 Å². The van der Waals surface area contributed by atoms with Crippen molar-refractivity contribution in [3.8, 4) is 0 Å². The van der Waals surface area contributed by atoms with E-state index in [9.17, 15) is 9.59 Å². The fourth-order valence-electron chi connectivity index (χ4n) is 4.02. The minimum absolute atomic E-state index is 0.0103. The molecule has 0 aromatic carbocycles. The van der Waals surface area contributed by atoms with Crippen LogP contribution in [0.3, 0.4) is 0 Å². The van der Waals surface area contributed by atoms with Crippen LogP contribution in [-0.2, 0) is 40.9 Å². The van der Waals surface area contributed by atoms with Crippen LogP contribution in [0.2, 0.25) is 0 Å². The molecule has 0 bridgehead atoms. The van der Waals surface area contributed by atoms with E-state index in [4.69, 9.17) is 4.74 Å². The number of thiazole rings is 1. The number of ether oxygens (including phenoxy) is 1. The summed E-state index contributed by atoms with van der Waals surface area (Å²) in [6.45, 7) is 1.53. The Morgan fingerprint density at radius 1 is 1.21 bits per heavy atom. The van der Waals surface area contributed by atoms with Crippen molar-refractivity contribution < 1.29 is 14.3 Å². The molecule has 5 heterocycles. The monoisotopic (exact) mass is 479 g/mol. The molecule has 0 aliphatic carbocycles. The molecule has 0 saturated carbocycles. The molecular weight excluding hydrogens is 454 g/mol. The maximum absolute atomic E-state index is 13.2. The minimum atomic E-state index is -0.328. The number of pyridine rings is 1. The Morgan fingerprint density at radius 2 is 2.06 bits per heavy atom. The standard InChI is InChI=1S/C23H25N7O3S/c1-27-10-18(9-25-27)11-29-13-20(33-16-17-2-4-24-5-3-17)14-30(15-22(29)32)21(31)8-19-12-28-6-7-34-23(28)26-19/h2-7,9-10,12,20H,8,11,13-16H2,1H3. The number of nitrogens with zero attached hydrogens (tertiary/aromatic N) is 7. The number of hydrogen-bond donors (Lipinski definition) is 0. The lowest BCUT2D eigenvalue weighted by Crippen LogP contribution is -2.40. The molecule has 0 spiro atoms. The Bertz CT molecular complexity index is 1250. The molecule has 4 aromatic rings. The summed E-state index contributed by atoms with van der Waals surface area (Å²) in [7, 11) is 1.84. The van der Waals surface area contributed by atoms with Crippen molar-refractivity contribution in [2.24, 2.45) is 7.05 Å². The smallest absolute Gasteiger partial charge is 0.242 e. The maximum Gasteiger partial charge on any atom is 0.242 e. The van der Waals surface area contributed by atoms with E-state index in [1.165, 1.54) is 11.3 Å². The quantitative estimate of drug-likeness (QED) is 0.399. The largest absolute Gasteiger partial charge is 0.370 e. The predicted molar refractivity (Wildman–Crippen MR) is 125 cm³/mol. The van der Waals surface area contributed by atoms with Gasteiger partial charge in [-0.25, -0.2) is 4.98 Å². The minimum Gasteiger partial charge on any atom is -0.370 e. The molecule has 10 nitrogen and oxygen atoms in total. The first kappa shape index (κ1) is 22.2. The summed E-state index contributed by atoms with van der Waals surface area (Å²) >= 11 is 1.52. The maximum atomic E-state index is 13.2. The van der Waals surface area contributed by atoms with E-state index < -0.39 is 0 Å². The molecule has 176 valence electrons. The second-order valence-corrected chi connectivity index (χ2v) is 9.23. The number of fused-ring (bicyclic) bond motifs is 1. The van der Waals surface area contributed by atoms with E-state index in [2.05, 4.69) is 15.1 Å². The average Bonchev–Trinajstić information content (AvgIpc) is 3.50. The van der Waals surface area contributed by atoms with Crippen molar-refractivity contribution in [1.82, 2.24) is 33.9 Å². The number of hydrogen-bond acceptors (Lipinski definition) is 7. The van der Waals surface area contributed by atoms with Gasteiger partial charge in [-0.3, -0.25) is 23.7 Å². The van der Waals surface area contributed by atoms with Gasteiger partial charge >= 0.3 is 0 Å². The lowest BCUT2D eigenvalue weighted by atomic mass is 10.2. The summed E-state index contributed by atoms with van der Waals surface area (Å²) in [5.41, 5.74) is 2.61. The fraction of sp³-hybridized carbons (Fsp3) is 0.348. The van der Waals surface area contributed by atoms with Gasteiger partial charge in [0, 0.05) is 68.6 Å². The third kappa shape index (κ3) is 5.15. The van der Waals surface area contributed by atoms with Crippen LogP contribution in [0, 0.1) is 0 Å². The van der Waals surface area contributed by atoms with Crippen LogP contribution in [0.4, 0.5) is 0 Å². The van der Waals surface area contributed by atoms with Crippen molar-refractivity contribution in [2.75, 3.05) is 19.6 Å². The lowest BCUT2D eigenvalue weighted by Gasteiger charge is -2.24. The number of aromatic nitrogens is 5. The van der Waals surface area contributed by atoms with Crippen LogP contribution < -0.4 is 0 Å². The summed E-state index contributed by atoms with van der Waals surface area (Å²) in [6.07, 6.45) is 10.7. The highest BCUT2D eigenvalue weighted by molar-refractivity contribution is 7.15. The zero-order chi connectivity index (χ0) is 23.5. The highest BCUT2D eigenvalue weighted by atomic mass is 32.1. The van der Waals surface area contributed by atoms with Gasteiger partial charge in [-0.2, -0.15) is 5.10 Å². The van der Waals surface area contributed by atoms with Crippen LogP contribution in [0.5, 0.6) is 0 Å². The van der Waals surface area contributed by atoms with Gasteiger partial charge in [0.05, 0.1) is 37.6 Å². The SMILES string of the molecule is Cn1cc(CN2CC(OCc3ccncc3)CN(C(=O)Cc3cn4ccsc4n3)CC2=O)cn1. The molecule has 11 heteroatoms. The second kappa shape index (κ2) is 9.74. The number of carbonyl (C=O) groups excluding carboxylic acids is 2. The highest BCUT2D eigenvalue weighted by Crippen LogP contribution is 2.16. The first-order valence-electron chi connectivity index (χ1n) is 11.0. The van der Waals surface area contributed by atoms with Crippen LogP contribution in [0.15, 0.2) is 54.7 Å². The van der Waals surface area contributed by atoms with Gasteiger partial charge in [0.1, 0.15) is 0 Å². The number of rotatable bonds is 7. The Kier molecular flexibility index (Phi) is 6.37. The molecule has 1 aliphatic rings. The van der Waals surface area contributed by atoms with Crippen molar-refractivity contribution in [1.29, 1.82) is 0 Å². The molecular formula is C23H25N7O3S. The topological polar surface area (TPSA) is 97.9 Å². The summed E-state index contributed by atoms with van der Waals surface area (Å²) in [4.78, 5) is 39.0. The molecule has 1 atom stereocenters. The number of amides is 2. The van der Waals surface area contributed by atoms with Gasteiger partial charge in [-0.05, 0) is 17.7 Å². The summed E-state index contributed by atoms with van der Waals surface area (Å²) < 4.78 is 9.79. The molecule has 1 aliphatic heterocycles. The van der Waals surface area contributed by atoms with Gasteiger partial charge in [-0.1, -0.05) is 0 Å². The molecule has 0 radical (unpaired) electrons. The first-order valence-corrected chi connectivity index (χ1v) is 11.9. The molecule has 1 unspecified atom stereocenters. The number of carbonyl (C=O) groups is 2.